The van der Waals surface area contributed by atoms with Gasteiger partial charge in [0, 0.05) is 25.2 Å². The lowest BCUT2D eigenvalue weighted by molar-refractivity contribution is -0.144. The molecule has 1 spiro atoms. The molecule has 4 nitrogen and oxygen atoms in total. The Balaban J connectivity index is 1.77. The highest BCUT2D eigenvalue weighted by Crippen LogP contribution is 2.44. The molecule has 20 heavy (non-hydrogen) atoms. The predicted octanol–water partition coefficient (Wildman–Crippen LogP) is 2.15. The monoisotopic (exact) mass is 272 g/mol. The minimum atomic E-state index is -0.510. The highest BCUT2D eigenvalue weighted by molar-refractivity contribution is 6.08. The fraction of sp³-hybridized carbons (Fsp3) is 0.500. The third-order valence-electron chi connectivity index (χ3n) is 4.08. The van der Waals surface area contributed by atoms with Crippen molar-refractivity contribution in [2.24, 2.45) is 5.41 Å². The summed E-state index contributed by atoms with van der Waals surface area (Å²) in [5.41, 5.74) is 1.39. The van der Waals surface area contributed by atoms with Crippen LogP contribution in [0, 0.1) is 5.41 Å². The minimum Gasteiger partial charge on any atom is -0.340 e. The number of hydrogen-bond donors (Lipinski definition) is 1. The summed E-state index contributed by atoms with van der Waals surface area (Å²) in [6.45, 7) is 7.17. The molecule has 0 unspecified atom stereocenters. The molecule has 0 saturated carbocycles. The Morgan fingerprint density at radius 2 is 1.95 bits per heavy atom. The number of carbonyl (C=O) groups excluding carboxylic acids is 2. The SMILES string of the molecule is CC(C)(C)CC(=O)N1CC2(C1)C(=O)Nc1ccccc12. The molecule has 2 amide bonds. The van der Waals surface area contributed by atoms with Crippen molar-refractivity contribution in [3.8, 4) is 0 Å². The second-order valence-electron chi connectivity index (χ2n) is 7.07. The molecule has 0 radical (unpaired) electrons. The van der Waals surface area contributed by atoms with E-state index < -0.39 is 5.41 Å². The maximum atomic E-state index is 12.2. The molecule has 1 saturated heterocycles. The normalized spacial score (nSPS) is 19.6. The second-order valence-corrected chi connectivity index (χ2v) is 7.07. The van der Waals surface area contributed by atoms with Gasteiger partial charge in [-0.2, -0.15) is 0 Å². The van der Waals surface area contributed by atoms with Gasteiger partial charge in [-0.15, -0.1) is 0 Å². The summed E-state index contributed by atoms with van der Waals surface area (Å²) in [5, 5.41) is 2.92. The van der Waals surface area contributed by atoms with E-state index >= 15 is 0 Å². The first-order valence-electron chi connectivity index (χ1n) is 7.01. The van der Waals surface area contributed by atoms with Crippen molar-refractivity contribution in [1.29, 1.82) is 0 Å². The maximum absolute atomic E-state index is 12.2. The van der Waals surface area contributed by atoms with E-state index in [2.05, 4.69) is 26.1 Å². The second kappa shape index (κ2) is 4.08. The summed E-state index contributed by atoms with van der Waals surface area (Å²) in [5.74, 6) is 0.166. The molecular weight excluding hydrogens is 252 g/mol. The van der Waals surface area contributed by atoms with Crippen molar-refractivity contribution in [3.05, 3.63) is 29.8 Å². The van der Waals surface area contributed by atoms with Gasteiger partial charge in [0.1, 0.15) is 5.41 Å². The molecule has 2 aliphatic rings. The van der Waals surface area contributed by atoms with Crippen LogP contribution in [0.5, 0.6) is 0 Å². The van der Waals surface area contributed by atoms with Gasteiger partial charge in [-0.1, -0.05) is 39.0 Å². The molecule has 1 aromatic rings. The van der Waals surface area contributed by atoms with Crippen LogP contribution in [0.2, 0.25) is 0 Å². The molecular formula is C16H20N2O2. The Hall–Kier alpha value is -1.84. The number of rotatable bonds is 1. The van der Waals surface area contributed by atoms with E-state index in [0.717, 1.165) is 11.3 Å². The zero-order chi connectivity index (χ0) is 14.5. The molecule has 0 atom stereocenters. The number of carbonyl (C=O) groups is 2. The summed E-state index contributed by atoms with van der Waals surface area (Å²) in [6, 6.07) is 7.76. The highest BCUT2D eigenvalue weighted by atomic mass is 16.2. The van der Waals surface area contributed by atoms with Crippen molar-refractivity contribution in [2.75, 3.05) is 18.4 Å². The average molecular weight is 272 g/mol. The third-order valence-corrected chi connectivity index (χ3v) is 4.08. The van der Waals surface area contributed by atoms with Crippen molar-refractivity contribution < 1.29 is 9.59 Å². The number of amides is 2. The number of nitrogens with zero attached hydrogens (tertiary/aromatic N) is 1. The van der Waals surface area contributed by atoms with Crippen LogP contribution in [-0.2, 0) is 15.0 Å². The van der Waals surface area contributed by atoms with Gasteiger partial charge in [0.2, 0.25) is 11.8 Å². The zero-order valence-electron chi connectivity index (χ0n) is 12.2. The Labute approximate surface area is 119 Å². The first-order valence-corrected chi connectivity index (χ1v) is 7.01. The molecule has 1 aromatic carbocycles. The summed E-state index contributed by atoms with van der Waals surface area (Å²) in [4.78, 5) is 26.2. The van der Waals surface area contributed by atoms with E-state index in [-0.39, 0.29) is 17.2 Å². The van der Waals surface area contributed by atoms with Gasteiger partial charge in [0.05, 0.1) is 0 Å². The van der Waals surface area contributed by atoms with Crippen LogP contribution in [-0.4, -0.2) is 29.8 Å². The first-order chi connectivity index (χ1) is 9.32. The van der Waals surface area contributed by atoms with E-state index in [9.17, 15) is 9.59 Å². The standard InChI is InChI=1S/C16H20N2O2/c1-15(2,3)8-13(19)18-9-16(10-18)11-6-4-5-7-12(11)17-14(16)20/h4-7H,8-10H2,1-3H3,(H,17,20). The summed E-state index contributed by atoms with van der Waals surface area (Å²) >= 11 is 0. The lowest BCUT2D eigenvalue weighted by atomic mass is 9.74. The lowest BCUT2D eigenvalue weighted by Gasteiger charge is -2.47. The lowest BCUT2D eigenvalue weighted by Crippen LogP contribution is -2.64. The van der Waals surface area contributed by atoms with Gasteiger partial charge in [-0.05, 0) is 17.0 Å². The van der Waals surface area contributed by atoms with Crippen LogP contribution < -0.4 is 5.32 Å². The molecule has 2 aliphatic heterocycles. The number of para-hydroxylation sites is 1. The average Bonchev–Trinajstić information content (AvgIpc) is 2.56. The summed E-state index contributed by atoms with van der Waals surface area (Å²) < 4.78 is 0. The Bertz CT molecular complexity index is 580. The van der Waals surface area contributed by atoms with Gasteiger partial charge >= 0.3 is 0 Å². The van der Waals surface area contributed by atoms with Gasteiger partial charge in [-0.3, -0.25) is 9.59 Å². The fourth-order valence-electron chi connectivity index (χ4n) is 3.03. The van der Waals surface area contributed by atoms with Gasteiger partial charge in [0.25, 0.3) is 0 Å². The number of anilines is 1. The van der Waals surface area contributed by atoms with Crippen LogP contribution in [0.4, 0.5) is 5.69 Å². The molecule has 106 valence electrons. The number of fused-ring (bicyclic) bond motifs is 2. The highest BCUT2D eigenvalue weighted by Gasteiger charge is 2.56. The Kier molecular flexibility index (Phi) is 2.68. The Morgan fingerprint density at radius 3 is 2.60 bits per heavy atom. The third kappa shape index (κ3) is 1.90. The molecule has 2 heterocycles. The van der Waals surface area contributed by atoms with Crippen molar-refractivity contribution >= 4 is 17.5 Å². The van der Waals surface area contributed by atoms with Crippen LogP contribution in [0.3, 0.4) is 0 Å². The minimum absolute atomic E-state index is 0.0182. The number of nitrogens with one attached hydrogen (secondary N) is 1. The van der Waals surface area contributed by atoms with Gasteiger partial charge in [0.15, 0.2) is 0 Å². The maximum Gasteiger partial charge on any atom is 0.238 e. The molecule has 0 aromatic heterocycles. The quantitative estimate of drug-likeness (QED) is 0.851. The van der Waals surface area contributed by atoms with E-state index in [4.69, 9.17) is 0 Å². The molecule has 0 aliphatic carbocycles. The molecule has 1 N–H and O–H groups in total. The van der Waals surface area contributed by atoms with Crippen LogP contribution in [0.1, 0.15) is 32.8 Å². The summed E-state index contributed by atoms with van der Waals surface area (Å²) in [7, 11) is 0. The van der Waals surface area contributed by atoms with E-state index in [1.54, 1.807) is 4.90 Å². The van der Waals surface area contributed by atoms with E-state index in [0.29, 0.717) is 19.5 Å². The molecule has 0 bridgehead atoms. The Morgan fingerprint density at radius 1 is 1.30 bits per heavy atom. The van der Waals surface area contributed by atoms with Crippen molar-refractivity contribution in [1.82, 2.24) is 4.90 Å². The van der Waals surface area contributed by atoms with Crippen molar-refractivity contribution in [2.45, 2.75) is 32.6 Å². The zero-order valence-corrected chi connectivity index (χ0v) is 12.2. The van der Waals surface area contributed by atoms with Crippen molar-refractivity contribution in [3.63, 3.8) is 0 Å². The topological polar surface area (TPSA) is 49.4 Å². The first kappa shape index (κ1) is 13.2. The van der Waals surface area contributed by atoms with Crippen LogP contribution in [0.15, 0.2) is 24.3 Å². The molecule has 4 heteroatoms. The number of likely N-dealkylation sites (tertiary alicyclic amines) is 1. The van der Waals surface area contributed by atoms with Gasteiger partial charge in [-0.25, -0.2) is 0 Å². The number of benzene rings is 1. The summed E-state index contributed by atoms with van der Waals surface area (Å²) in [6.07, 6.45) is 0.520. The van der Waals surface area contributed by atoms with E-state index in [1.165, 1.54) is 0 Å². The van der Waals surface area contributed by atoms with E-state index in [1.807, 2.05) is 24.3 Å². The number of hydrogen-bond acceptors (Lipinski definition) is 2. The largest absolute Gasteiger partial charge is 0.340 e. The van der Waals surface area contributed by atoms with Crippen LogP contribution in [0.25, 0.3) is 0 Å². The van der Waals surface area contributed by atoms with Gasteiger partial charge < -0.3 is 10.2 Å². The predicted molar refractivity (Wildman–Crippen MR) is 77.4 cm³/mol. The molecule has 1 fully saturated rings. The van der Waals surface area contributed by atoms with Crippen LogP contribution >= 0.6 is 0 Å². The smallest absolute Gasteiger partial charge is 0.238 e. The molecule has 3 rings (SSSR count). The fourth-order valence-corrected chi connectivity index (χ4v) is 3.03.